The standard InChI is InChI=1S/C17H26ClN5S/c1-5-19-17(20-8-6-7-16-21-13(2)12-24-16)23(4)11-15-9-14(18)10-22(15)3/h9-10,12H,5-8,11H2,1-4H3,(H,19,20). The van der Waals surface area contributed by atoms with Crippen molar-refractivity contribution in [1.29, 1.82) is 0 Å². The van der Waals surface area contributed by atoms with E-state index in [9.17, 15) is 0 Å². The van der Waals surface area contributed by atoms with E-state index in [-0.39, 0.29) is 0 Å². The van der Waals surface area contributed by atoms with E-state index >= 15 is 0 Å². The van der Waals surface area contributed by atoms with Crippen LogP contribution in [0.2, 0.25) is 5.02 Å². The molecule has 0 aliphatic heterocycles. The van der Waals surface area contributed by atoms with Gasteiger partial charge in [0.25, 0.3) is 0 Å². The molecule has 0 aromatic carbocycles. The summed E-state index contributed by atoms with van der Waals surface area (Å²) in [4.78, 5) is 11.4. The summed E-state index contributed by atoms with van der Waals surface area (Å²) in [6.07, 6.45) is 3.91. The van der Waals surface area contributed by atoms with Crippen LogP contribution in [0.25, 0.3) is 0 Å². The first-order valence-corrected chi connectivity index (χ1v) is 9.46. The van der Waals surface area contributed by atoms with Crippen molar-refractivity contribution in [3.8, 4) is 0 Å². The fourth-order valence-corrected chi connectivity index (χ4v) is 3.53. The second-order valence-electron chi connectivity index (χ2n) is 5.84. The summed E-state index contributed by atoms with van der Waals surface area (Å²) < 4.78 is 2.05. The van der Waals surface area contributed by atoms with E-state index in [1.807, 2.05) is 37.8 Å². The average Bonchev–Trinajstić information content (AvgIpc) is 3.07. The third kappa shape index (κ3) is 5.53. The van der Waals surface area contributed by atoms with E-state index in [2.05, 4.69) is 27.5 Å². The monoisotopic (exact) mass is 367 g/mol. The van der Waals surface area contributed by atoms with Gasteiger partial charge in [-0.25, -0.2) is 4.98 Å². The SMILES string of the molecule is CCNC(=NCCCc1nc(C)cs1)N(C)Cc1cc(Cl)cn1C. The third-order valence-electron chi connectivity index (χ3n) is 3.65. The Morgan fingerprint density at radius 3 is 2.88 bits per heavy atom. The number of nitrogens with one attached hydrogen (secondary N) is 1. The number of aliphatic imine (C=N–C) groups is 1. The van der Waals surface area contributed by atoms with E-state index in [0.717, 1.165) is 54.8 Å². The Morgan fingerprint density at radius 1 is 1.50 bits per heavy atom. The van der Waals surface area contributed by atoms with Crippen molar-refractivity contribution in [3.05, 3.63) is 39.1 Å². The molecule has 0 radical (unpaired) electrons. The maximum absolute atomic E-state index is 6.06. The molecule has 0 saturated heterocycles. The minimum atomic E-state index is 0.765. The first-order chi connectivity index (χ1) is 11.5. The predicted octanol–water partition coefficient (Wildman–Crippen LogP) is 3.47. The maximum atomic E-state index is 6.06. The summed E-state index contributed by atoms with van der Waals surface area (Å²) in [5.74, 6) is 0.921. The van der Waals surface area contributed by atoms with Gasteiger partial charge in [-0.2, -0.15) is 0 Å². The normalized spacial score (nSPS) is 11.8. The Labute approximate surface area is 153 Å². The van der Waals surface area contributed by atoms with Gasteiger partial charge in [0.2, 0.25) is 0 Å². The minimum Gasteiger partial charge on any atom is -0.357 e. The number of aryl methyl sites for hydroxylation is 3. The molecule has 0 aliphatic carbocycles. The molecule has 7 heteroatoms. The Bertz CT molecular complexity index is 676. The number of halogens is 1. The van der Waals surface area contributed by atoms with Crippen molar-refractivity contribution in [3.63, 3.8) is 0 Å². The molecule has 0 bridgehead atoms. The van der Waals surface area contributed by atoms with Gasteiger partial charge < -0.3 is 14.8 Å². The number of hydrogen-bond acceptors (Lipinski definition) is 3. The van der Waals surface area contributed by atoms with Crippen LogP contribution in [-0.2, 0) is 20.0 Å². The minimum absolute atomic E-state index is 0.765. The number of aromatic nitrogens is 2. The lowest BCUT2D eigenvalue weighted by atomic mass is 10.3. The molecular formula is C17H26ClN5S. The molecule has 2 heterocycles. The highest BCUT2D eigenvalue weighted by Crippen LogP contribution is 2.14. The molecule has 0 saturated carbocycles. The lowest BCUT2D eigenvalue weighted by Crippen LogP contribution is -2.38. The molecule has 2 aromatic heterocycles. The lowest BCUT2D eigenvalue weighted by Gasteiger charge is -2.22. The molecule has 0 atom stereocenters. The van der Waals surface area contributed by atoms with Gasteiger partial charge in [-0.3, -0.25) is 4.99 Å². The molecule has 0 unspecified atom stereocenters. The summed E-state index contributed by atoms with van der Waals surface area (Å²) in [6.45, 7) is 6.52. The van der Waals surface area contributed by atoms with Crippen LogP contribution in [0.15, 0.2) is 22.6 Å². The number of hydrogen-bond donors (Lipinski definition) is 1. The third-order valence-corrected chi connectivity index (χ3v) is 4.88. The molecule has 2 rings (SSSR count). The highest BCUT2D eigenvalue weighted by atomic mass is 35.5. The molecule has 0 spiro atoms. The zero-order chi connectivity index (χ0) is 17.5. The van der Waals surface area contributed by atoms with E-state index < -0.39 is 0 Å². The summed E-state index contributed by atoms with van der Waals surface area (Å²) in [5, 5.41) is 7.41. The van der Waals surface area contributed by atoms with Crippen molar-refractivity contribution < 1.29 is 0 Å². The van der Waals surface area contributed by atoms with Gasteiger partial charge in [0, 0.05) is 56.6 Å². The molecule has 2 aromatic rings. The van der Waals surface area contributed by atoms with Gasteiger partial charge in [-0.1, -0.05) is 11.6 Å². The predicted molar refractivity (Wildman–Crippen MR) is 103 cm³/mol. The van der Waals surface area contributed by atoms with Crippen molar-refractivity contribution in [2.75, 3.05) is 20.1 Å². The molecule has 5 nitrogen and oxygen atoms in total. The van der Waals surface area contributed by atoms with Crippen LogP contribution in [0.5, 0.6) is 0 Å². The smallest absolute Gasteiger partial charge is 0.194 e. The Morgan fingerprint density at radius 2 is 2.29 bits per heavy atom. The first-order valence-electron chi connectivity index (χ1n) is 8.20. The van der Waals surface area contributed by atoms with Gasteiger partial charge in [0.1, 0.15) is 0 Å². The van der Waals surface area contributed by atoms with E-state index in [0.29, 0.717) is 0 Å². The number of rotatable bonds is 7. The Balaban J connectivity index is 1.90. The van der Waals surface area contributed by atoms with Crippen LogP contribution in [0, 0.1) is 6.92 Å². The van der Waals surface area contributed by atoms with E-state index in [4.69, 9.17) is 16.6 Å². The number of guanidine groups is 1. The second kappa shape index (κ2) is 9.08. The average molecular weight is 368 g/mol. The van der Waals surface area contributed by atoms with E-state index in [1.165, 1.54) is 5.01 Å². The maximum Gasteiger partial charge on any atom is 0.194 e. The zero-order valence-electron chi connectivity index (χ0n) is 14.8. The zero-order valence-corrected chi connectivity index (χ0v) is 16.4. The van der Waals surface area contributed by atoms with Crippen LogP contribution in [0.3, 0.4) is 0 Å². The van der Waals surface area contributed by atoms with Crippen LogP contribution < -0.4 is 5.32 Å². The molecule has 24 heavy (non-hydrogen) atoms. The molecule has 132 valence electrons. The molecule has 0 amide bonds. The molecule has 0 aliphatic rings. The van der Waals surface area contributed by atoms with Crippen molar-refractivity contribution in [1.82, 2.24) is 19.8 Å². The number of nitrogens with zero attached hydrogens (tertiary/aromatic N) is 4. The second-order valence-corrected chi connectivity index (χ2v) is 7.22. The largest absolute Gasteiger partial charge is 0.357 e. The highest BCUT2D eigenvalue weighted by molar-refractivity contribution is 7.09. The summed E-state index contributed by atoms with van der Waals surface area (Å²) in [6, 6.07) is 1.99. The van der Waals surface area contributed by atoms with Gasteiger partial charge in [-0.15, -0.1) is 11.3 Å². The van der Waals surface area contributed by atoms with Crippen LogP contribution in [0.4, 0.5) is 0 Å². The topological polar surface area (TPSA) is 45.5 Å². The number of thiazole rings is 1. The Kier molecular flexibility index (Phi) is 7.12. The molecular weight excluding hydrogens is 342 g/mol. The lowest BCUT2D eigenvalue weighted by molar-refractivity contribution is 0.461. The van der Waals surface area contributed by atoms with Gasteiger partial charge >= 0.3 is 0 Å². The summed E-state index contributed by atoms with van der Waals surface area (Å²) >= 11 is 7.79. The van der Waals surface area contributed by atoms with Crippen molar-refractivity contribution in [2.24, 2.45) is 12.0 Å². The molecule has 0 fully saturated rings. The molecule has 1 N–H and O–H groups in total. The Hall–Kier alpha value is -1.53. The summed E-state index contributed by atoms with van der Waals surface area (Å²) in [5.41, 5.74) is 2.26. The van der Waals surface area contributed by atoms with Crippen LogP contribution in [-0.4, -0.2) is 40.5 Å². The van der Waals surface area contributed by atoms with E-state index in [1.54, 1.807) is 11.3 Å². The van der Waals surface area contributed by atoms with Gasteiger partial charge in [-0.05, 0) is 26.3 Å². The first kappa shape index (κ1) is 18.8. The van der Waals surface area contributed by atoms with Gasteiger partial charge in [0.05, 0.1) is 16.6 Å². The van der Waals surface area contributed by atoms with Gasteiger partial charge in [0.15, 0.2) is 5.96 Å². The van der Waals surface area contributed by atoms with Crippen molar-refractivity contribution in [2.45, 2.75) is 33.2 Å². The van der Waals surface area contributed by atoms with Crippen LogP contribution in [0.1, 0.15) is 29.7 Å². The van der Waals surface area contributed by atoms with Crippen LogP contribution >= 0.6 is 22.9 Å². The fourth-order valence-electron chi connectivity index (χ4n) is 2.44. The fraction of sp³-hybridized carbons (Fsp3) is 0.529. The quantitative estimate of drug-likeness (QED) is 0.463. The summed E-state index contributed by atoms with van der Waals surface area (Å²) in [7, 11) is 4.06. The van der Waals surface area contributed by atoms with Crippen molar-refractivity contribution >= 4 is 28.9 Å². The highest BCUT2D eigenvalue weighted by Gasteiger charge is 2.09.